The number of hydrogen-bond donors (Lipinski definition) is 1. The number of likely N-dealkylation sites (N-methyl/N-ethyl adjacent to an activating group) is 1. The molecule has 0 aromatic heterocycles. The molecular formula is C21H31N. The molecule has 0 aromatic rings. The van der Waals surface area contributed by atoms with Crippen LogP contribution in [0.25, 0.3) is 0 Å². The van der Waals surface area contributed by atoms with E-state index in [1.54, 1.807) is 0 Å². The van der Waals surface area contributed by atoms with Gasteiger partial charge in [-0.25, -0.2) is 0 Å². The molecule has 1 N–H and O–H groups in total. The Labute approximate surface area is 137 Å². The van der Waals surface area contributed by atoms with Crippen LogP contribution in [0.4, 0.5) is 0 Å². The Hall–Kier alpha value is -2.02. The maximum atomic E-state index is 4.14. The van der Waals surface area contributed by atoms with Crippen LogP contribution >= 0.6 is 0 Å². The monoisotopic (exact) mass is 297 g/mol. The van der Waals surface area contributed by atoms with Crippen LogP contribution in [-0.4, -0.2) is 7.05 Å². The first kappa shape index (κ1) is 20.0. The van der Waals surface area contributed by atoms with Gasteiger partial charge >= 0.3 is 0 Å². The standard InChI is InChI=1S/C21H31N/c1-10-11-12-16(4)17(5)13-14-21(15(2)3)19(7)18(6)20(8)22-9/h10-14,22H,5,8H2,1-4,6-7,9H3/b11-10-,14-13-,16-12+,19-18+. The van der Waals surface area contributed by atoms with Crippen LogP contribution in [0.2, 0.25) is 0 Å². The Morgan fingerprint density at radius 1 is 0.909 bits per heavy atom. The summed E-state index contributed by atoms with van der Waals surface area (Å²) in [5, 5.41) is 3.11. The first-order valence-electron chi connectivity index (χ1n) is 7.65. The van der Waals surface area contributed by atoms with Crippen molar-refractivity contribution < 1.29 is 0 Å². The molecule has 0 aliphatic rings. The predicted octanol–water partition coefficient (Wildman–Crippen LogP) is 6.03. The van der Waals surface area contributed by atoms with E-state index in [2.05, 4.69) is 71.3 Å². The minimum absolute atomic E-state index is 0.952. The average Bonchev–Trinajstić information content (AvgIpc) is 2.50. The zero-order valence-corrected chi connectivity index (χ0v) is 15.3. The van der Waals surface area contributed by atoms with Crippen LogP contribution in [0.5, 0.6) is 0 Å². The van der Waals surface area contributed by atoms with Crippen LogP contribution in [0.15, 0.2) is 82.7 Å². The maximum Gasteiger partial charge on any atom is 0.0297 e. The Bertz CT molecular complexity index is 571. The highest BCUT2D eigenvalue weighted by Crippen LogP contribution is 2.23. The lowest BCUT2D eigenvalue weighted by atomic mass is 9.95. The van der Waals surface area contributed by atoms with E-state index < -0.39 is 0 Å². The lowest BCUT2D eigenvalue weighted by Crippen LogP contribution is -2.07. The fourth-order valence-electron chi connectivity index (χ4n) is 1.95. The number of hydrogen-bond acceptors (Lipinski definition) is 1. The molecule has 120 valence electrons. The van der Waals surface area contributed by atoms with Crippen molar-refractivity contribution in [3.8, 4) is 0 Å². The number of allylic oxidation sites excluding steroid dienone is 11. The molecule has 0 saturated carbocycles. The van der Waals surface area contributed by atoms with Crippen molar-refractivity contribution in [3.05, 3.63) is 82.7 Å². The zero-order valence-electron chi connectivity index (χ0n) is 15.3. The smallest absolute Gasteiger partial charge is 0.0297 e. The Morgan fingerprint density at radius 3 is 1.95 bits per heavy atom. The van der Waals surface area contributed by atoms with Crippen molar-refractivity contribution in [1.29, 1.82) is 0 Å². The normalized spacial score (nSPS) is 13.3. The Balaban J connectivity index is 5.52. The van der Waals surface area contributed by atoms with Crippen molar-refractivity contribution in [2.75, 3.05) is 7.05 Å². The van der Waals surface area contributed by atoms with Crippen LogP contribution in [0.1, 0.15) is 41.5 Å². The van der Waals surface area contributed by atoms with E-state index >= 15 is 0 Å². The van der Waals surface area contributed by atoms with Crippen molar-refractivity contribution in [2.24, 2.45) is 0 Å². The summed E-state index contributed by atoms with van der Waals surface area (Å²) in [6.45, 7) is 20.8. The first-order valence-corrected chi connectivity index (χ1v) is 7.65. The van der Waals surface area contributed by atoms with Crippen molar-refractivity contribution in [3.63, 3.8) is 0 Å². The van der Waals surface area contributed by atoms with Crippen molar-refractivity contribution >= 4 is 0 Å². The van der Waals surface area contributed by atoms with Gasteiger partial charge in [0.05, 0.1) is 0 Å². The van der Waals surface area contributed by atoms with Gasteiger partial charge in [-0.1, -0.05) is 49.1 Å². The summed E-state index contributed by atoms with van der Waals surface area (Å²) in [4.78, 5) is 0. The summed E-state index contributed by atoms with van der Waals surface area (Å²) >= 11 is 0. The van der Waals surface area contributed by atoms with Crippen LogP contribution in [-0.2, 0) is 0 Å². The molecule has 0 unspecified atom stereocenters. The predicted molar refractivity (Wildman–Crippen MR) is 102 cm³/mol. The maximum absolute atomic E-state index is 4.14. The fraction of sp³-hybridized carbons (Fsp3) is 0.333. The second kappa shape index (κ2) is 9.83. The van der Waals surface area contributed by atoms with Gasteiger partial charge < -0.3 is 5.32 Å². The van der Waals surface area contributed by atoms with E-state index in [9.17, 15) is 0 Å². The molecule has 1 nitrogen and oxygen atoms in total. The van der Waals surface area contributed by atoms with Gasteiger partial charge in [-0.05, 0) is 69.4 Å². The molecule has 0 fully saturated rings. The molecule has 0 amide bonds. The minimum atomic E-state index is 0.952. The molecule has 0 aromatic carbocycles. The van der Waals surface area contributed by atoms with Gasteiger partial charge in [0.15, 0.2) is 0 Å². The summed E-state index contributed by atoms with van der Waals surface area (Å²) in [7, 11) is 1.90. The van der Waals surface area contributed by atoms with E-state index in [-0.39, 0.29) is 0 Å². The third-order valence-electron chi connectivity index (χ3n) is 3.76. The molecule has 0 bridgehead atoms. The SMILES string of the molecule is C=C(/C=C\C(=C(C)C)/C(C)=C(\C)C(=C)NC)/C(C)=C/C=C\C. The van der Waals surface area contributed by atoms with Crippen LogP contribution in [0.3, 0.4) is 0 Å². The number of rotatable bonds is 7. The van der Waals surface area contributed by atoms with Crippen molar-refractivity contribution in [1.82, 2.24) is 5.32 Å². The lowest BCUT2D eigenvalue weighted by molar-refractivity contribution is 0.994. The molecule has 0 spiro atoms. The largest absolute Gasteiger partial charge is 0.388 e. The molecule has 0 rings (SSSR count). The van der Waals surface area contributed by atoms with Gasteiger partial charge in [0.2, 0.25) is 0 Å². The second-order valence-corrected chi connectivity index (χ2v) is 5.63. The van der Waals surface area contributed by atoms with Crippen LogP contribution in [0, 0.1) is 0 Å². The molecule has 0 aliphatic carbocycles. The van der Waals surface area contributed by atoms with Crippen molar-refractivity contribution in [2.45, 2.75) is 41.5 Å². The van der Waals surface area contributed by atoms with Gasteiger partial charge in [-0.15, -0.1) is 0 Å². The van der Waals surface area contributed by atoms with E-state index in [4.69, 9.17) is 0 Å². The Kier molecular flexibility index (Phi) is 8.93. The molecule has 0 aliphatic heterocycles. The topological polar surface area (TPSA) is 12.0 Å². The van der Waals surface area contributed by atoms with Gasteiger partial charge in [0.25, 0.3) is 0 Å². The molecule has 0 saturated heterocycles. The molecule has 0 atom stereocenters. The van der Waals surface area contributed by atoms with E-state index in [1.165, 1.54) is 27.9 Å². The summed E-state index contributed by atoms with van der Waals surface area (Å²) < 4.78 is 0. The molecule has 1 heteroatoms. The third-order valence-corrected chi connectivity index (χ3v) is 3.76. The number of nitrogens with one attached hydrogen (secondary N) is 1. The van der Waals surface area contributed by atoms with Gasteiger partial charge in [-0.2, -0.15) is 0 Å². The minimum Gasteiger partial charge on any atom is -0.388 e. The van der Waals surface area contributed by atoms with Gasteiger partial charge in [0, 0.05) is 12.7 Å². The molecule has 0 heterocycles. The fourth-order valence-corrected chi connectivity index (χ4v) is 1.95. The second-order valence-electron chi connectivity index (χ2n) is 5.63. The molecule has 22 heavy (non-hydrogen) atoms. The first-order chi connectivity index (χ1) is 10.3. The van der Waals surface area contributed by atoms with E-state index in [0.29, 0.717) is 0 Å². The molecule has 0 radical (unpaired) electrons. The quantitative estimate of drug-likeness (QED) is 0.566. The van der Waals surface area contributed by atoms with E-state index in [1.807, 2.05) is 26.1 Å². The van der Waals surface area contributed by atoms with Crippen LogP contribution < -0.4 is 5.32 Å². The average molecular weight is 297 g/mol. The highest BCUT2D eigenvalue weighted by molar-refractivity contribution is 5.50. The summed E-state index contributed by atoms with van der Waals surface area (Å²) in [6, 6.07) is 0. The highest BCUT2D eigenvalue weighted by Gasteiger charge is 2.05. The summed E-state index contributed by atoms with van der Waals surface area (Å²) in [5.74, 6) is 0. The van der Waals surface area contributed by atoms with E-state index in [0.717, 1.165) is 11.3 Å². The van der Waals surface area contributed by atoms with Gasteiger partial charge in [0.1, 0.15) is 0 Å². The van der Waals surface area contributed by atoms with Gasteiger partial charge in [-0.3, -0.25) is 0 Å². The Morgan fingerprint density at radius 2 is 1.50 bits per heavy atom. The summed E-state index contributed by atoms with van der Waals surface area (Å²) in [6.07, 6.45) is 10.3. The summed E-state index contributed by atoms with van der Waals surface area (Å²) in [5.41, 5.74) is 8.06. The third kappa shape index (κ3) is 6.17. The highest BCUT2D eigenvalue weighted by atomic mass is 14.8. The lowest BCUT2D eigenvalue weighted by Gasteiger charge is -2.13. The molecular weight excluding hydrogens is 266 g/mol. The zero-order chi connectivity index (χ0) is 17.3.